The van der Waals surface area contributed by atoms with Crippen LogP contribution in [0.25, 0.3) is 5.57 Å². The van der Waals surface area contributed by atoms with E-state index >= 15 is 0 Å². The summed E-state index contributed by atoms with van der Waals surface area (Å²) in [6.45, 7) is 4.74. The van der Waals surface area contributed by atoms with Gasteiger partial charge in [0.05, 0.1) is 13.0 Å². The van der Waals surface area contributed by atoms with Crippen LogP contribution in [0.4, 0.5) is 4.39 Å². The van der Waals surface area contributed by atoms with Gasteiger partial charge in [0.1, 0.15) is 5.82 Å². The van der Waals surface area contributed by atoms with Crippen molar-refractivity contribution in [2.24, 2.45) is 0 Å². The summed E-state index contributed by atoms with van der Waals surface area (Å²) in [7, 11) is 0. The lowest BCUT2D eigenvalue weighted by atomic mass is 9.96. The summed E-state index contributed by atoms with van der Waals surface area (Å²) in [6.07, 6.45) is 6.51. The number of hydrogen-bond donors (Lipinski definition) is 0. The third-order valence-electron chi connectivity index (χ3n) is 4.43. The van der Waals surface area contributed by atoms with E-state index in [1.54, 1.807) is 11.0 Å². The lowest BCUT2D eigenvalue weighted by Gasteiger charge is -2.25. The Morgan fingerprint density at radius 1 is 1.29 bits per heavy atom. The zero-order valence-electron chi connectivity index (χ0n) is 14.6. The Kier molecular flexibility index (Phi) is 6.71. The van der Waals surface area contributed by atoms with E-state index in [9.17, 15) is 14.0 Å². The molecule has 1 fully saturated rings. The molecule has 0 unspecified atom stereocenters. The van der Waals surface area contributed by atoms with Crippen LogP contribution >= 0.6 is 0 Å². The molecule has 1 aromatic carbocycles. The highest BCUT2D eigenvalue weighted by molar-refractivity contribution is 5.92. The molecule has 1 aliphatic rings. The predicted octanol–water partition coefficient (Wildman–Crippen LogP) is 4.29. The summed E-state index contributed by atoms with van der Waals surface area (Å²) in [6, 6.07) is 4.65. The predicted molar refractivity (Wildman–Crippen MR) is 94.1 cm³/mol. The maximum absolute atomic E-state index is 13.3. The molecule has 1 saturated heterocycles. The first-order valence-corrected chi connectivity index (χ1v) is 8.76. The molecule has 1 aromatic rings. The van der Waals surface area contributed by atoms with Crippen molar-refractivity contribution in [2.45, 2.75) is 52.4 Å². The van der Waals surface area contributed by atoms with Gasteiger partial charge in [0.2, 0.25) is 5.91 Å². The van der Waals surface area contributed by atoms with Gasteiger partial charge in [-0.25, -0.2) is 4.39 Å². The molecule has 2 rings (SSSR count). The highest BCUT2D eigenvalue weighted by atomic mass is 19.1. The van der Waals surface area contributed by atoms with Crippen LogP contribution in [-0.4, -0.2) is 29.7 Å². The van der Waals surface area contributed by atoms with E-state index in [0.717, 1.165) is 42.4 Å². The number of aryl methyl sites for hydroxylation is 1. The van der Waals surface area contributed by atoms with Crippen LogP contribution in [0.2, 0.25) is 0 Å². The van der Waals surface area contributed by atoms with Gasteiger partial charge in [0, 0.05) is 13.0 Å². The minimum atomic E-state index is -0.271. The highest BCUT2D eigenvalue weighted by Crippen LogP contribution is 2.25. The highest BCUT2D eigenvalue weighted by Gasteiger charge is 2.20. The molecule has 0 spiro atoms. The Balaban J connectivity index is 2.16. The Morgan fingerprint density at radius 2 is 2.08 bits per heavy atom. The Labute approximate surface area is 143 Å². The van der Waals surface area contributed by atoms with Crippen LogP contribution in [0.15, 0.2) is 24.3 Å². The molecule has 3 nitrogen and oxygen atoms in total. The quantitative estimate of drug-likeness (QED) is 0.825. The van der Waals surface area contributed by atoms with Gasteiger partial charge in [0.15, 0.2) is 5.78 Å². The lowest BCUT2D eigenvalue weighted by molar-refractivity contribution is -0.135. The summed E-state index contributed by atoms with van der Waals surface area (Å²) >= 11 is 0. The van der Waals surface area contributed by atoms with Crippen LogP contribution in [0, 0.1) is 12.7 Å². The van der Waals surface area contributed by atoms with Gasteiger partial charge >= 0.3 is 0 Å². The number of halogens is 1. The third kappa shape index (κ3) is 5.02. The van der Waals surface area contributed by atoms with E-state index in [2.05, 4.69) is 0 Å². The Morgan fingerprint density at radius 3 is 2.79 bits per heavy atom. The monoisotopic (exact) mass is 331 g/mol. The number of nitrogens with zero attached hydrogens (tertiary/aromatic N) is 1. The van der Waals surface area contributed by atoms with E-state index < -0.39 is 0 Å². The molecule has 0 N–H and O–H groups in total. The molecular weight excluding hydrogens is 305 g/mol. The molecule has 0 atom stereocenters. The van der Waals surface area contributed by atoms with Crippen LogP contribution in [-0.2, 0) is 9.59 Å². The number of carbonyl (C=O) groups is 2. The molecule has 1 amide bonds. The van der Waals surface area contributed by atoms with Crippen molar-refractivity contribution < 1.29 is 14.0 Å². The number of carbonyl (C=O) groups excluding carboxylic acids is 2. The molecule has 24 heavy (non-hydrogen) atoms. The number of benzene rings is 1. The molecule has 0 radical (unpaired) electrons. The smallest absolute Gasteiger partial charge is 0.227 e. The van der Waals surface area contributed by atoms with Gasteiger partial charge in [-0.15, -0.1) is 0 Å². The number of hydrogen-bond acceptors (Lipinski definition) is 2. The summed E-state index contributed by atoms with van der Waals surface area (Å²) in [5, 5.41) is 0. The molecule has 130 valence electrons. The fourth-order valence-corrected chi connectivity index (χ4v) is 3.17. The second kappa shape index (κ2) is 8.76. The Bertz CT molecular complexity index is 637. The van der Waals surface area contributed by atoms with Crippen molar-refractivity contribution in [3.8, 4) is 0 Å². The first-order valence-electron chi connectivity index (χ1n) is 8.76. The average molecular weight is 331 g/mol. The zero-order chi connectivity index (χ0) is 17.5. The molecule has 1 heterocycles. The van der Waals surface area contributed by atoms with E-state index in [4.69, 9.17) is 0 Å². The topological polar surface area (TPSA) is 37.4 Å². The van der Waals surface area contributed by atoms with E-state index in [-0.39, 0.29) is 30.5 Å². The first kappa shape index (κ1) is 18.4. The van der Waals surface area contributed by atoms with Gasteiger partial charge in [-0.05, 0) is 55.0 Å². The molecule has 1 aliphatic heterocycles. The van der Waals surface area contributed by atoms with Crippen LogP contribution in [0.5, 0.6) is 0 Å². The number of ketones is 1. The second-order valence-electron chi connectivity index (χ2n) is 6.44. The average Bonchev–Trinajstić information content (AvgIpc) is 2.50. The largest absolute Gasteiger partial charge is 0.335 e. The van der Waals surface area contributed by atoms with Gasteiger partial charge < -0.3 is 4.90 Å². The number of Topliss-reactive ketones (excluding diaryl/α,β-unsaturated/α-hetero) is 1. The van der Waals surface area contributed by atoms with Gasteiger partial charge in [-0.2, -0.15) is 0 Å². The van der Waals surface area contributed by atoms with Crippen LogP contribution in [0.3, 0.4) is 0 Å². The number of rotatable bonds is 4. The number of allylic oxidation sites excluding steroid dienone is 1. The fourth-order valence-electron chi connectivity index (χ4n) is 3.17. The van der Waals surface area contributed by atoms with Crippen molar-refractivity contribution in [2.75, 3.05) is 13.1 Å². The maximum Gasteiger partial charge on any atom is 0.227 e. The molecule has 0 aromatic heterocycles. The van der Waals surface area contributed by atoms with Crippen molar-refractivity contribution in [3.05, 3.63) is 41.2 Å². The normalized spacial score (nSPS) is 16.7. The van der Waals surface area contributed by atoms with E-state index in [1.807, 2.05) is 19.9 Å². The van der Waals surface area contributed by atoms with Crippen LogP contribution < -0.4 is 0 Å². The fraction of sp³-hybridized carbons (Fsp3) is 0.500. The number of likely N-dealkylation sites (tertiary alicyclic amines) is 1. The molecule has 0 saturated carbocycles. The number of amides is 1. The molecule has 0 aliphatic carbocycles. The summed E-state index contributed by atoms with van der Waals surface area (Å²) in [5.74, 6) is -0.150. The molecular formula is C20H26FNO2. The van der Waals surface area contributed by atoms with Gasteiger partial charge in [-0.3, -0.25) is 9.59 Å². The SMILES string of the molecule is CC/C=C(/CC(=O)N1CCCCCC(=O)C1)c1ccc(F)cc1C. The first-order chi connectivity index (χ1) is 11.5. The molecule has 4 heteroatoms. The van der Waals surface area contributed by atoms with E-state index in [1.165, 1.54) is 12.1 Å². The van der Waals surface area contributed by atoms with Gasteiger partial charge in [0.25, 0.3) is 0 Å². The summed E-state index contributed by atoms with van der Waals surface area (Å²) < 4.78 is 13.3. The molecule has 0 bridgehead atoms. The standard InChI is InChI=1S/C20H26FNO2/c1-3-7-16(19-10-9-17(21)12-15(19)2)13-20(24)22-11-6-4-5-8-18(23)14-22/h7,9-10,12H,3-6,8,11,13-14H2,1-2H3/b16-7-. The van der Waals surface area contributed by atoms with Crippen molar-refractivity contribution in [3.63, 3.8) is 0 Å². The van der Waals surface area contributed by atoms with Crippen molar-refractivity contribution in [1.82, 2.24) is 4.90 Å². The third-order valence-corrected chi connectivity index (χ3v) is 4.43. The Hall–Kier alpha value is -1.97. The minimum absolute atomic E-state index is 0.0197. The van der Waals surface area contributed by atoms with Crippen molar-refractivity contribution in [1.29, 1.82) is 0 Å². The zero-order valence-corrected chi connectivity index (χ0v) is 14.6. The van der Waals surface area contributed by atoms with E-state index in [0.29, 0.717) is 13.0 Å². The minimum Gasteiger partial charge on any atom is -0.335 e. The summed E-state index contributed by atoms with van der Waals surface area (Å²) in [4.78, 5) is 26.3. The van der Waals surface area contributed by atoms with Crippen LogP contribution in [0.1, 0.15) is 56.6 Å². The lowest BCUT2D eigenvalue weighted by Crippen LogP contribution is -2.37. The maximum atomic E-state index is 13.3. The second-order valence-corrected chi connectivity index (χ2v) is 6.44. The summed E-state index contributed by atoms with van der Waals surface area (Å²) in [5.41, 5.74) is 2.64. The van der Waals surface area contributed by atoms with Gasteiger partial charge in [-0.1, -0.05) is 25.5 Å². The van der Waals surface area contributed by atoms with Crippen molar-refractivity contribution >= 4 is 17.3 Å².